The summed E-state index contributed by atoms with van der Waals surface area (Å²) in [6.45, 7) is 5.96. The van der Waals surface area contributed by atoms with Gasteiger partial charge >= 0.3 is 6.09 Å². The van der Waals surface area contributed by atoms with Gasteiger partial charge in [-0.3, -0.25) is 4.79 Å². The molecule has 16 heavy (non-hydrogen) atoms. The predicted octanol–water partition coefficient (Wildman–Crippen LogP) is 0.790. The molecule has 1 saturated carbocycles. The molecule has 0 aromatic rings. The van der Waals surface area contributed by atoms with E-state index in [1.807, 2.05) is 20.8 Å². The average molecular weight is 226 g/mol. The van der Waals surface area contributed by atoms with E-state index in [1.54, 1.807) is 0 Å². The second-order valence-electron chi connectivity index (χ2n) is 5.56. The van der Waals surface area contributed by atoms with Crippen molar-refractivity contribution in [1.82, 2.24) is 10.6 Å². The van der Waals surface area contributed by atoms with Crippen LogP contribution in [0.25, 0.3) is 0 Å². The molecule has 2 N–H and O–H groups in total. The molecule has 5 heteroatoms. The van der Waals surface area contributed by atoms with Gasteiger partial charge in [-0.1, -0.05) is 0 Å². The van der Waals surface area contributed by atoms with Gasteiger partial charge in [-0.25, -0.2) is 4.79 Å². The highest BCUT2D eigenvalue weighted by atomic mass is 16.6. The molecule has 1 aliphatic carbocycles. The van der Waals surface area contributed by atoms with Gasteiger partial charge in [0.05, 0.1) is 11.5 Å². The van der Waals surface area contributed by atoms with Crippen LogP contribution in [-0.2, 0) is 9.53 Å². The van der Waals surface area contributed by atoms with Gasteiger partial charge in [0.25, 0.3) is 0 Å². The molecular weight excluding hydrogens is 208 g/mol. The Morgan fingerprint density at radius 2 is 2.12 bits per heavy atom. The second-order valence-corrected chi connectivity index (χ2v) is 5.56. The summed E-state index contributed by atoms with van der Waals surface area (Å²) in [5.41, 5.74) is -0.840. The fourth-order valence-corrected chi connectivity index (χ4v) is 2.07. The standard InChI is InChI=1S/C11H18N2O3/c1-10(2,3)16-9(15)13-7-6-12-8(14)11(7)4-5-11/h7H,4-6H2,1-3H3,(H,12,14)(H,13,15). The van der Waals surface area contributed by atoms with E-state index < -0.39 is 11.7 Å². The summed E-state index contributed by atoms with van der Waals surface area (Å²) in [5, 5.41) is 5.56. The molecule has 5 nitrogen and oxygen atoms in total. The SMILES string of the molecule is CC(C)(C)OC(=O)NC1CNC(=O)C12CC2. The van der Waals surface area contributed by atoms with Crippen LogP contribution in [0.1, 0.15) is 33.6 Å². The lowest BCUT2D eigenvalue weighted by Crippen LogP contribution is -2.44. The van der Waals surface area contributed by atoms with Crippen molar-refractivity contribution in [3.8, 4) is 0 Å². The number of rotatable bonds is 1. The highest BCUT2D eigenvalue weighted by molar-refractivity contribution is 5.89. The first kappa shape index (κ1) is 11.2. The van der Waals surface area contributed by atoms with Crippen LogP contribution in [-0.4, -0.2) is 30.2 Å². The monoisotopic (exact) mass is 226 g/mol. The summed E-state index contributed by atoms with van der Waals surface area (Å²) in [5.74, 6) is 0.0635. The highest BCUT2D eigenvalue weighted by Gasteiger charge is 2.59. The van der Waals surface area contributed by atoms with E-state index in [1.165, 1.54) is 0 Å². The van der Waals surface area contributed by atoms with Crippen molar-refractivity contribution in [2.75, 3.05) is 6.54 Å². The molecule has 2 fully saturated rings. The van der Waals surface area contributed by atoms with Gasteiger partial charge in [-0.2, -0.15) is 0 Å². The molecule has 90 valence electrons. The first-order valence-electron chi connectivity index (χ1n) is 5.61. The van der Waals surface area contributed by atoms with Crippen molar-refractivity contribution in [3.63, 3.8) is 0 Å². The van der Waals surface area contributed by atoms with E-state index in [0.717, 1.165) is 12.8 Å². The lowest BCUT2D eigenvalue weighted by Gasteiger charge is -2.23. The number of alkyl carbamates (subject to hydrolysis) is 1. The maximum Gasteiger partial charge on any atom is 0.407 e. The van der Waals surface area contributed by atoms with Gasteiger partial charge in [0.1, 0.15) is 5.60 Å². The third kappa shape index (κ3) is 1.99. The third-order valence-electron chi connectivity index (χ3n) is 3.07. The first-order chi connectivity index (χ1) is 7.33. The number of amides is 2. The Labute approximate surface area is 94.9 Å². The van der Waals surface area contributed by atoms with Crippen LogP contribution in [0.15, 0.2) is 0 Å². The topological polar surface area (TPSA) is 67.4 Å². The zero-order valence-corrected chi connectivity index (χ0v) is 9.92. The third-order valence-corrected chi connectivity index (χ3v) is 3.07. The Bertz CT molecular complexity index is 329. The summed E-state index contributed by atoms with van der Waals surface area (Å²) >= 11 is 0. The molecular formula is C11H18N2O3. The first-order valence-corrected chi connectivity index (χ1v) is 5.61. The van der Waals surface area contributed by atoms with Crippen molar-refractivity contribution < 1.29 is 14.3 Å². The van der Waals surface area contributed by atoms with Crippen molar-refractivity contribution in [2.45, 2.75) is 45.3 Å². The largest absolute Gasteiger partial charge is 0.444 e. The molecule has 2 rings (SSSR count). The molecule has 0 aromatic heterocycles. The summed E-state index contributed by atoms with van der Waals surface area (Å²) in [6, 6.07) is -0.116. The van der Waals surface area contributed by atoms with E-state index in [2.05, 4.69) is 10.6 Å². The summed E-state index contributed by atoms with van der Waals surface area (Å²) in [4.78, 5) is 23.1. The van der Waals surface area contributed by atoms with Crippen LogP contribution in [0.4, 0.5) is 4.79 Å². The zero-order chi connectivity index (χ0) is 12.0. The number of hydrogen-bond donors (Lipinski definition) is 2. The van der Waals surface area contributed by atoms with Crippen LogP contribution in [0, 0.1) is 5.41 Å². The Morgan fingerprint density at radius 3 is 2.62 bits per heavy atom. The maximum absolute atomic E-state index is 11.6. The quantitative estimate of drug-likeness (QED) is 0.694. The number of carbonyl (C=O) groups is 2. The molecule has 1 saturated heterocycles. The zero-order valence-electron chi connectivity index (χ0n) is 9.92. The van der Waals surface area contributed by atoms with E-state index >= 15 is 0 Å². The van der Waals surface area contributed by atoms with Gasteiger partial charge in [0, 0.05) is 6.54 Å². The summed E-state index contributed by atoms with van der Waals surface area (Å²) in [7, 11) is 0. The molecule has 0 aromatic carbocycles. The minimum absolute atomic E-state index is 0.0635. The minimum Gasteiger partial charge on any atom is -0.444 e. The number of ether oxygens (including phenoxy) is 1. The molecule has 0 bridgehead atoms. The number of nitrogens with one attached hydrogen (secondary N) is 2. The molecule has 0 radical (unpaired) electrons. The highest BCUT2D eigenvalue weighted by Crippen LogP contribution is 2.51. The fourth-order valence-electron chi connectivity index (χ4n) is 2.07. The van der Waals surface area contributed by atoms with E-state index in [9.17, 15) is 9.59 Å². The molecule has 2 amide bonds. The Kier molecular flexibility index (Phi) is 2.36. The van der Waals surface area contributed by atoms with Gasteiger partial charge < -0.3 is 15.4 Å². The van der Waals surface area contributed by atoms with E-state index in [0.29, 0.717) is 6.54 Å². The molecule has 1 unspecified atom stereocenters. The Hall–Kier alpha value is -1.26. The average Bonchev–Trinajstić information content (AvgIpc) is 2.83. The number of hydrogen-bond acceptors (Lipinski definition) is 3. The Balaban J connectivity index is 1.91. The molecule has 1 heterocycles. The lowest BCUT2D eigenvalue weighted by molar-refractivity contribution is -0.123. The van der Waals surface area contributed by atoms with Gasteiger partial charge in [-0.05, 0) is 33.6 Å². The Morgan fingerprint density at radius 1 is 1.50 bits per heavy atom. The van der Waals surface area contributed by atoms with E-state index in [-0.39, 0.29) is 17.4 Å². The van der Waals surface area contributed by atoms with Crippen molar-refractivity contribution in [3.05, 3.63) is 0 Å². The number of carbonyl (C=O) groups excluding carboxylic acids is 2. The van der Waals surface area contributed by atoms with Crippen LogP contribution in [0.2, 0.25) is 0 Å². The van der Waals surface area contributed by atoms with Crippen LogP contribution < -0.4 is 10.6 Å². The smallest absolute Gasteiger partial charge is 0.407 e. The summed E-state index contributed by atoms with van der Waals surface area (Å²) < 4.78 is 5.17. The molecule has 1 atom stereocenters. The molecule has 2 aliphatic rings. The summed E-state index contributed by atoms with van der Waals surface area (Å²) in [6.07, 6.45) is 1.28. The second kappa shape index (κ2) is 3.37. The van der Waals surface area contributed by atoms with E-state index in [4.69, 9.17) is 4.74 Å². The van der Waals surface area contributed by atoms with Crippen LogP contribution >= 0.6 is 0 Å². The fraction of sp³-hybridized carbons (Fsp3) is 0.818. The van der Waals surface area contributed by atoms with Crippen molar-refractivity contribution >= 4 is 12.0 Å². The van der Waals surface area contributed by atoms with Crippen molar-refractivity contribution in [1.29, 1.82) is 0 Å². The molecule has 1 spiro atoms. The van der Waals surface area contributed by atoms with Gasteiger partial charge in [-0.15, -0.1) is 0 Å². The predicted molar refractivity (Wildman–Crippen MR) is 57.8 cm³/mol. The normalized spacial score (nSPS) is 26.4. The van der Waals surface area contributed by atoms with Crippen LogP contribution in [0.5, 0.6) is 0 Å². The van der Waals surface area contributed by atoms with Gasteiger partial charge in [0.15, 0.2) is 0 Å². The maximum atomic E-state index is 11.6. The van der Waals surface area contributed by atoms with Crippen LogP contribution in [0.3, 0.4) is 0 Å². The van der Waals surface area contributed by atoms with Crippen molar-refractivity contribution in [2.24, 2.45) is 5.41 Å². The molecule has 1 aliphatic heterocycles. The lowest BCUT2D eigenvalue weighted by atomic mass is 10.0. The van der Waals surface area contributed by atoms with Gasteiger partial charge in [0.2, 0.25) is 5.91 Å². The minimum atomic E-state index is -0.503.